The van der Waals surface area contributed by atoms with Crippen molar-refractivity contribution in [3.63, 3.8) is 0 Å². The SMILES string of the molecule is Cn1ccc(C(=O)N(C2CCCC2)C2CC2)cc1=O. The quantitative estimate of drug-likeness (QED) is 0.833. The standard InChI is InChI=1S/C15H20N2O2/c1-16-9-8-11(10-14(16)18)15(19)17(13-6-7-13)12-4-2-3-5-12/h8-10,12-13H,2-7H2,1H3. The van der Waals surface area contributed by atoms with E-state index in [2.05, 4.69) is 4.90 Å². The van der Waals surface area contributed by atoms with Crippen LogP contribution in [-0.2, 0) is 7.05 Å². The molecule has 2 saturated carbocycles. The Kier molecular flexibility index (Phi) is 3.17. The van der Waals surface area contributed by atoms with Crippen LogP contribution < -0.4 is 5.56 Å². The van der Waals surface area contributed by atoms with Gasteiger partial charge in [0.1, 0.15) is 0 Å². The van der Waals surface area contributed by atoms with Crippen LogP contribution in [0, 0.1) is 0 Å². The van der Waals surface area contributed by atoms with Crippen LogP contribution in [0.3, 0.4) is 0 Å². The maximum Gasteiger partial charge on any atom is 0.254 e. The third-order valence-electron chi connectivity index (χ3n) is 4.24. The zero-order chi connectivity index (χ0) is 13.4. The van der Waals surface area contributed by atoms with Crippen molar-refractivity contribution in [1.29, 1.82) is 0 Å². The second kappa shape index (κ2) is 4.83. The minimum absolute atomic E-state index is 0.0482. The van der Waals surface area contributed by atoms with Crippen LogP contribution in [-0.4, -0.2) is 27.5 Å². The van der Waals surface area contributed by atoms with Crippen molar-refractivity contribution in [2.45, 2.75) is 50.6 Å². The van der Waals surface area contributed by atoms with Crippen molar-refractivity contribution in [2.75, 3.05) is 0 Å². The molecule has 2 aliphatic carbocycles. The highest BCUT2D eigenvalue weighted by Gasteiger charge is 2.38. The molecule has 1 aromatic heterocycles. The van der Waals surface area contributed by atoms with Gasteiger partial charge in [-0.15, -0.1) is 0 Å². The second-order valence-electron chi connectivity index (χ2n) is 5.75. The first-order valence-corrected chi connectivity index (χ1v) is 7.16. The number of hydrogen-bond acceptors (Lipinski definition) is 2. The van der Waals surface area contributed by atoms with Gasteiger partial charge in [0, 0.05) is 37.0 Å². The van der Waals surface area contributed by atoms with Crippen LogP contribution in [0.5, 0.6) is 0 Å². The van der Waals surface area contributed by atoms with E-state index in [0.29, 0.717) is 17.6 Å². The Morgan fingerprint density at radius 3 is 2.42 bits per heavy atom. The minimum atomic E-state index is -0.118. The number of pyridine rings is 1. The zero-order valence-electron chi connectivity index (χ0n) is 11.3. The number of aromatic nitrogens is 1. The van der Waals surface area contributed by atoms with E-state index in [1.54, 1.807) is 19.3 Å². The number of carbonyl (C=O) groups excluding carboxylic acids is 1. The molecule has 102 valence electrons. The fourth-order valence-electron chi connectivity index (χ4n) is 3.00. The van der Waals surface area contributed by atoms with E-state index in [9.17, 15) is 9.59 Å². The highest BCUT2D eigenvalue weighted by Crippen LogP contribution is 2.35. The first kappa shape index (κ1) is 12.5. The van der Waals surface area contributed by atoms with Crippen molar-refractivity contribution in [1.82, 2.24) is 9.47 Å². The lowest BCUT2D eigenvalue weighted by Gasteiger charge is -2.29. The summed E-state index contributed by atoms with van der Waals surface area (Å²) >= 11 is 0. The molecule has 0 spiro atoms. The van der Waals surface area contributed by atoms with Crippen molar-refractivity contribution in [3.05, 3.63) is 34.2 Å². The fraction of sp³-hybridized carbons (Fsp3) is 0.600. The van der Waals surface area contributed by atoms with E-state index in [1.165, 1.54) is 23.5 Å². The summed E-state index contributed by atoms with van der Waals surface area (Å²) in [4.78, 5) is 26.4. The molecule has 4 nitrogen and oxygen atoms in total. The number of carbonyl (C=O) groups is 1. The third kappa shape index (κ3) is 2.44. The summed E-state index contributed by atoms with van der Waals surface area (Å²) in [5.74, 6) is 0.0482. The van der Waals surface area contributed by atoms with Crippen LogP contribution in [0.25, 0.3) is 0 Å². The predicted molar refractivity (Wildman–Crippen MR) is 73.1 cm³/mol. The molecule has 0 bridgehead atoms. The second-order valence-corrected chi connectivity index (χ2v) is 5.75. The lowest BCUT2D eigenvalue weighted by atomic mass is 10.1. The van der Waals surface area contributed by atoms with E-state index >= 15 is 0 Å². The van der Waals surface area contributed by atoms with Crippen LogP contribution in [0.1, 0.15) is 48.9 Å². The summed E-state index contributed by atoms with van der Waals surface area (Å²) in [5, 5.41) is 0. The minimum Gasteiger partial charge on any atom is -0.333 e. The Morgan fingerprint density at radius 2 is 1.84 bits per heavy atom. The van der Waals surface area contributed by atoms with Gasteiger partial charge in [0.05, 0.1) is 0 Å². The van der Waals surface area contributed by atoms with Crippen LogP contribution in [0.15, 0.2) is 23.1 Å². The molecule has 0 aliphatic heterocycles. The van der Waals surface area contributed by atoms with Crippen molar-refractivity contribution < 1.29 is 4.79 Å². The Hall–Kier alpha value is -1.58. The third-order valence-corrected chi connectivity index (χ3v) is 4.24. The molecule has 0 saturated heterocycles. The molecule has 0 atom stereocenters. The van der Waals surface area contributed by atoms with Crippen LogP contribution in [0.4, 0.5) is 0 Å². The predicted octanol–water partition coefficient (Wildman–Crippen LogP) is 1.93. The van der Waals surface area contributed by atoms with Gasteiger partial charge in [-0.3, -0.25) is 9.59 Å². The summed E-state index contributed by atoms with van der Waals surface area (Å²) in [6.45, 7) is 0. The molecule has 1 amide bonds. The highest BCUT2D eigenvalue weighted by atomic mass is 16.2. The average molecular weight is 260 g/mol. The molecule has 1 heterocycles. The van der Waals surface area contributed by atoms with Gasteiger partial charge in [-0.25, -0.2) is 0 Å². The molecule has 19 heavy (non-hydrogen) atoms. The maximum atomic E-state index is 12.7. The van der Waals surface area contributed by atoms with E-state index in [4.69, 9.17) is 0 Å². The zero-order valence-corrected chi connectivity index (χ0v) is 11.3. The first-order valence-electron chi connectivity index (χ1n) is 7.16. The van der Waals surface area contributed by atoms with Gasteiger partial charge < -0.3 is 9.47 Å². The Balaban J connectivity index is 1.87. The molecule has 3 rings (SSSR count). The van der Waals surface area contributed by atoms with Crippen molar-refractivity contribution >= 4 is 5.91 Å². The smallest absolute Gasteiger partial charge is 0.254 e. The number of nitrogens with zero attached hydrogens (tertiary/aromatic N) is 2. The fourth-order valence-corrected chi connectivity index (χ4v) is 3.00. The summed E-state index contributed by atoms with van der Waals surface area (Å²) in [6.07, 6.45) is 8.59. The van der Waals surface area contributed by atoms with Gasteiger partial charge in [-0.2, -0.15) is 0 Å². The Labute approximate surface area is 113 Å². The van der Waals surface area contributed by atoms with Crippen LogP contribution in [0.2, 0.25) is 0 Å². The monoisotopic (exact) mass is 260 g/mol. The Bertz CT molecular complexity index is 539. The van der Waals surface area contributed by atoms with Crippen molar-refractivity contribution in [2.24, 2.45) is 7.05 Å². The summed E-state index contributed by atoms with van der Waals surface area (Å²) in [6, 6.07) is 4.03. The highest BCUT2D eigenvalue weighted by molar-refractivity contribution is 5.94. The van der Waals surface area contributed by atoms with Gasteiger partial charge in [-0.1, -0.05) is 12.8 Å². The Morgan fingerprint density at radius 1 is 1.21 bits per heavy atom. The number of hydrogen-bond donors (Lipinski definition) is 0. The number of rotatable bonds is 3. The van der Waals surface area contributed by atoms with Gasteiger partial charge in [-0.05, 0) is 31.7 Å². The molecule has 0 unspecified atom stereocenters. The number of aryl methyl sites for hydroxylation is 1. The van der Waals surface area contributed by atoms with Gasteiger partial charge in [0.15, 0.2) is 0 Å². The van der Waals surface area contributed by atoms with E-state index in [1.807, 2.05) is 0 Å². The largest absolute Gasteiger partial charge is 0.333 e. The first-order chi connectivity index (χ1) is 9.16. The normalized spacial score (nSPS) is 19.6. The molecule has 0 N–H and O–H groups in total. The summed E-state index contributed by atoms with van der Waals surface area (Å²) in [7, 11) is 1.70. The molecule has 0 radical (unpaired) electrons. The molecule has 0 aromatic carbocycles. The molecule has 2 aliphatic rings. The molecule has 1 aromatic rings. The van der Waals surface area contributed by atoms with E-state index < -0.39 is 0 Å². The average Bonchev–Trinajstić information content (AvgIpc) is 3.08. The van der Waals surface area contributed by atoms with E-state index in [0.717, 1.165) is 25.7 Å². The lowest BCUT2D eigenvalue weighted by molar-refractivity contribution is 0.0664. The van der Waals surface area contributed by atoms with Crippen LogP contribution >= 0.6 is 0 Å². The number of amides is 1. The molecule has 2 fully saturated rings. The summed E-state index contributed by atoms with van der Waals surface area (Å²) < 4.78 is 1.49. The topological polar surface area (TPSA) is 42.3 Å². The van der Waals surface area contributed by atoms with Gasteiger partial charge in [0.25, 0.3) is 11.5 Å². The maximum absolute atomic E-state index is 12.7. The van der Waals surface area contributed by atoms with Gasteiger partial charge >= 0.3 is 0 Å². The lowest BCUT2D eigenvalue weighted by Crippen LogP contribution is -2.41. The van der Waals surface area contributed by atoms with Gasteiger partial charge in [0.2, 0.25) is 0 Å². The summed E-state index contributed by atoms with van der Waals surface area (Å²) in [5.41, 5.74) is 0.426. The molecular weight excluding hydrogens is 240 g/mol. The van der Waals surface area contributed by atoms with E-state index in [-0.39, 0.29) is 11.5 Å². The molecular formula is C15H20N2O2. The molecule has 4 heteroatoms. The van der Waals surface area contributed by atoms with Crippen molar-refractivity contribution in [3.8, 4) is 0 Å².